The molecule has 5 aromatic rings. The molecule has 3 aromatic heterocycles. The second-order valence-electron chi connectivity index (χ2n) is 17.6. The van der Waals surface area contributed by atoms with E-state index in [0.717, 1.165) is 47.1 Å². The predicted octanol–water partition coefficient (Wildman–Crippen LogP) is 9.43. The van der Waals surface area contributed by atoms with E-state index in [1.165, 1.54) is 92.4 Å². The number of nitrogens with zero attached hydrogens (tertiary/aromatic N) is 7. The van der Waals surface area contributed by atoms with Crippen molar-refractivity contribution in [2.75, 3.05) is 23.7 Å². The van der Waals surface area contributed by atoms with Crippen LogP contribution >= 0.6 is 0 Å². The number of aryl methyl sites for hydroxylation is 1. The van der Waals surface area contributed by atoms with Crippen LogP contribution < -0.4 is 9.62 Å². The standard InChI is InChI=1S/C23H33N5O2S.C19H29N3/c1-23(2,3)22-25-19-13-18(27(5)31(29,30)21-15-26(4)16-24-21)11-12-20(19)28(22)14-17-9-7-6-8-10-17;1-19(2,3)18-21-16-12-15(20-4)10-11-17(16)22(18)13-14-8-6-5-7-9-14/h11-13,15-17H,6-10,14H2,1-5H3;10-12,14,20H,5-9,13H2,1-4H3. The predicted molar refractivity (Wildman–Crippen MR) is 218 cm³/mol. The Labute approximate surface area is 317 Å². The van der Waals surface area contributed by atoms with Gasteiger partial charge in [-0.3, -0.25) is 4.31 Å². The van der Waals surface area contributed by atoms with E-state index in [2.05, 4.69) is 79.2 Å². The minimum atomic E-state index is -3.73. The molecule has 0 bridgehead atoms. The average Bonchev–Trinajstić information content (AvgIpc) is 3.84. The molecule has 0 atom stereocenters. The number of anilines is 2. The van der Waals surface area contributed by atoms with Gasteiger partial charge in [-0.2, -0.15) is 8.42 Å². The molecule has 2 aliphatic carbocycles. The van der Waals surface area contributed by atoms with Crippen LogP contribution in [0.5, 0.6) is 0 Å². The van der Waals surface area contributed by atoms with Gasteiger partial charge in [0.15, 0.2) is 5.03 Å². The first-order chi connectivity index (χ1) is 25.1. The maximum atomic E-state index is 13.0. The van der Waals surface area contributed by atoms with Gasteiger partial charge in [0.2, 0.25) is 0 Å². The van der Waals surface area contributed by atoms with Crippen molar-refractivity contribution in [1.82, 2.24) is 28.7 Å². The Balaban J connectivity index is 0.000000192. The van der Waals surface area contributed by atoms with E-state index in [0.29, 0.717) is 11.6 Å². The lowest BCUT2D eigenvalue weighted by molar-refractivity contribution is 0.313. The van der Waals surface area contributed by atoms with Crippen LogP contribution in [0, 0.1) is 11.8 Å². The molecule has 288 valence electrons. The van der Waals surface area contributed by atoms with Crippen molar-refractivity contribution in [3.63, 3.8) is 0 Å². The Morgan fingerprint density at radius 3 is 1.70 bits per heavy atom. The van der Waals surface area contributed by atoms with Crippen LogP contribution in [0.1, 0.15) is 117 Å². The van der Waals surface area contributed by atoms with Gasteiger partial charge in [0.05, 0.1) is 34.1 Å². The number of fused-ring (bicyclic) bond motifs is 2. The highest BCUT2D eigenvalue weighted by Crippen LogP contribution is 2.34. The van der Waals surface area contributed by atoms with Crippen molar-refractivity contribution in [1.29, 1.82) is 0 Å². The molecule has 2 aliphatic rings. The summed E-state index contributed by atoms with van der Waals surface area (Å²) in [7, 11) is 1.56. The summed E-state index contributed by atoms with van der Waals surface area (Å²) in [5.74, 6) is 3.78. The molecule has 2 saturated carbocycles. The Bertz CT molecular complexity index is 2120. The zero-order valence-corrected chi connectivity index (χ0v) is 34.4. The van der Waals surface area contributed by atoms with Crippen molar-refractivity contribution < 1.29 is 8.42 Å². The zero-order valence-electron chi connectivity index (χ0n) is 33.6. The minimum Gasteiger partial charge on any atom is -0.388 e. The summed E-state index contributed by atoms with van der Waals surface area (Å²) >= 11 is 0. The Morgan fingerprint density at radius 1 is 0.755 bits per heavy atom. The van der Waals surface area contributed by atoms with E-state index in [9.17, 15) is 8.42 Å². The molecular formula is C42H62N8O2S. The Morgan fingerprint density at radius 2 is 1.25 bits per heavy atom. The fourth-order valence-electron chi connectivity index (χ4n) is 8.17. The number of aromatic nitrogens is 6. The van der Waals surface area contributed by atoms with Crippen LogP contribution in [0.15, 0.2) is 53.9 Å². The highest BCUT2D eigenvalue weighted by Gasteiger charge is 2.29. The summed E-state index contributed by atoms with van der Waals surface area (Å²) in [5, 5.41) is 3.26. The van der Waals surface area contributed by atoms with Gasteiger partial charge in [-0.25, -0.2) is 15.0 Å². The quantitative estimate of drug-likeness (QED) is 0.170. The molecule has 10 nitrogen and oxygen atoms in total. The molecule has 0 unspecified atom stereocenters. The van der Waals surface area contributed by atoms with Crippen molar-refractivity contribution in [2.24, 2.45) is 18.9 Å². The van der Waals surface area contributed by atoms with E-state index >= 15 is 0 Å². The summed E-state index contributed by atoms with van der Waals surface area (Å²) in [4.78, 5) is 14.0. The first-order valence-electron chi connectivity index (χ1n) is 19.7. The maximum Gasteiger partial charge on any atom is 0.283 e. The number of rotatable bonds is 8. The molecule has 0 saturated heterocycles. The molecule has 0 spiro atoms. The summed E-state index contributed by atoms with van der Waals surface area (Å²) in [6.07, 6.45) is 16.5. The van der Waals surface area contributed by atoms with Gasteiger partial charge < -0.3 is 19.0 Å². The van der Waals surface area contributed by atoms with E-state index in [1.807, 2.05) is 25.2 Å². The van der Waals surface area contributed by atoms with Gasteiger partial charge in [-0.05, 0) is 73.9 Å². The second-order valence-corrected chi connectivity index (χ2v) is 19.5. The van der Waals surface area contributed by atoms with Gasteiger partial charge in [-0.15, -0.1) is 0 Å². The lowest BCUT2D eigenvalue weighted by Gasteiger charge is -2.26. The maximum absolute atomic E-state index is 13.0. The van der Waals surface area contributed by atoms with Gasteiger partial charge in [0.1, 0.15) is 11.6 Å². The first-order valence-corrected chi connectivity index (χ1v) is 21.2. The molecule has 2 aromatic carbocycles. The third-order valence-corrected chi connectivity index (χ3v) is 12.8. The summed E-state index contributed by atoms with van der Waals surface area (Å²) < 4.78 is 33.8. The molecule has 1 N–H and O–H groups in total. The fraction of sp³-hybridized carbons (Fsp3) is 0.595. The normalized spacial score (nSPS) is 16.5. The third-order valence-electron chi connectivity index (χ3n) is 11.1. The van der Waals surface area contributed by atoms with Crippen LogP contribution in [0.2, 0.25) is 0 Å². The SMILES string of the molecule is CN(c1ccc2c(c1)nc(C(C)(C)C)n2CC1CCCCC1)S(=O)(=O)c1cn(C)cn1.CNc1ccc2c(c1)nc(C(C)(C)C)n2CC1CCCCC1. The number of imidazole rings is 3. The van der Waals surface area contributed by atoms with Gasteiger partial charge in [0, 0.05) is 56.9 Å². The second kappa shape index (κ2) is 15.5. The summed E-state index contributed by atoms with van der Waals surface area (Å²) in [6, 6.07) is 12.3. The molecule has 2 fully saturated rings. The molecule has 3 heterocycles. The Hall–Kier alpha value is -3.86. The number of hydrogen-bond donors (Lipinski definition) is 1. The van der Waals surface area contributed by atoms with Crippen LogP contribution in [-0.2, 0) is 41.0 Å². The zero-order chi connectivity index (χ0) is 38.1. The van der Waals surface area contributed by atoms with Crippen molar-refractivity contribution in [3.8, 4) is 0 Å². The number of nitrogens with one attached hydrogen (secondary N) is 1. The average molecular weight is 743 g/mol. The molecule has 0 amide bonds. The number of sulfonamides is 1. The third kappa shape index (κ3) is 8.60. The monoisotopic (exact) mass is 742 g/mol. The first kappa shape index (κ1) is 38.9. The van der Waals surface area contributed by atoms with Crippen LogP contribution in [0.3, 0.4) is 0 Å². The van der Waals surface area contributed by atoms with Crippen molar-refractivity contribution in [3.05, 3.63) is 60.6 Å². The van der Waals surface area contributed by atoms with Gasteiger partial charge in [-0.1, -0.05) is 80.1 Å². The van der Waals surface area contributed by atoms with E-state index < -0.39 is 10.0 Å². The van der Waals surface area contributed by atoms with Crippen molar-refractivity contribution >= 4 is 43.5 Å². The molecule has 0 aliphatic heterocycles. The lowest BCUT2D eigenvalue weighted by Crippen LogP contribution is -2.26. The number of benzene rings is 2. The summed E-state index contributed by atoms with van der Waals surface area (Å²) in [5.41, 5.74) is 6.01. The van der Waals surface area contributed by atoms with E-state index in [-0.39, 0.29) is 15.9 Å². The van der Waals surface area contributed by atoms with E-state index in [1.54, 1.807) is 18.7 Å². The van der Waals surface area contributed by atoms with Crippen LogP contribution in [-0.4, -0.2) is 51.2 Å². The highest BCUT2D eigenvalue weighted by molar-refractivity contribution is 7.92. The smallest absolute Gasteiger partial charge is 0.283 e. The van der Waals surface area contributed by atoms with Crippen LogP contribution in [0.25, 0.3) is 22.1 Å². The lowest BCUT2D eigenvalue weighted by atomic mass is 9.88. The topological polar surface area (TPSA) is 103 Å². The highest BCUT2D eigenvalue weighted by atomic mass is 32.2. The summed E-state index contributed by atoms with van der Waals surface area (Å²) in [6.45, 7) is 15.5. The largest absolute Gasteiger partial charge is 0.388 e. The molecule has 0 radical (unpaired) electrons. The molecule has 11 heteroatoms. The van der Waals surface area contributed by atoms with Crippen molar-refractivity contribution in [2.45, 2.75) is 135 Å². The Kier molecular flexibility index (Phi) is 11.3. The van der Waals surface area contributed by atoms with E-state index in [4.69, 9.17) is 9.97 Å². The minimum absolute atomic E-state index is 0.0378. The molecule has 53 heavy (non-hydrogen) atoms. The van der Waals surface area contributed by atoms with Gasteiger partial charge in [0.25, 0.3) is 10.0 Å². The molecule has 7 rings (SSSR count). The molecular weight excluding hydrogens is 681 g/mol. The fourth-order valence-corrected chi connectivity index (χ4v) is 9.32. The number of hydrogen-bond acceptors (Lipinski definition) is 6. The van der Waals surface area contributed by atoms with Crippen LogP contribution in [0.4, 0.5) is 11.4 Å². The van der Waals surface area contributed by atoms with Gasteiger partial charge >= 0.3 is 0 Å².